The lowest BCUT2D eigenvalue weighted by atomic mass is 9.77. The molecule has 1 aliphatic heterocycles. The van der Waals surface area contributed by atoms with Crippen LogP contribution in [0.3, 0.4) is 0 Å². The predicted octanol–water partition coefficient (Wildman–Crippen LogP) is 2.85. The molecule has 0 saturated heterocycles. The van der Waals surface area contributed by atoms with E-state index in [9.17, 15) is 13.9 Å². The van der Waals surface area contributed by atoms with E-state index in [-0.39, 0.29) is 35.3 Å². The van der Waals surface area contributed by atoms with Crippen LogP contribution in [0.15, 0.2) is 41.2 Å². The van der Waals surface area contributed by atoms with Gasteiger partial charge in [-0.1, -0.05) is 11.2 Å². The number of nitrogens with zero attached hydrogens (tertiary/aromatic N) is 3. The molecule has 1 fully saturated rings. The average molecular weight is 388 g/mol. The van der Waals surface area contributed by atoms with Gasteiger partial charge in [-0.25, -0.2) is 9.97 Å². The van der Waals surface area contributed by atoms with Crippen molar-refractivity contribution >= 4 is 0 Å². The Labute approximate surface area is 156 Å². The number of hydrogen-bond acceptors (Lipinski definition) is 8. The van der Waals surface area contributed by atoms with E-state index in [1.54, 1.807) is 12.1 Å². The summed E-state index contributed by atoms with van der Waals surface area (Å²) in [6, 6.07) is 6.26. The van der Waals surface area contributed by atoms with Gasteiger partial charge in [-0.3, -0.25) is 0 Å². The highest BCUT2D eigenvalue weighted by atomic mass is 19.3. The van der Waals surface area contributed by atoms with Crippen LogP contribution in [0.1, 0.15) is 24.3 Å². The molecule has 3 aromatic rings. The van der Waals surface area contributed by atoms with Crippen molar-refractivity contribution in [3.8, 4) is 34.7 Å². The molecule has 8 nitrogen and oxygen atoms in total. The third-order valence-electron chi connectivity index (χ3n) is 4.66. The first-order valence-corrected chi connectivity index (χ1v) is 8.48. The Kier molecular flexibility index (Phi) is 3.61. The Bertz CT molecular complexity index is 1020. The fraction of sp³-hybridized carbons (Fsp3) is 0.278. The van der Waals surface area contributed by atoms with E-state index in [0.29, 0.717) is 18.4 Å². The van der Waals surface area contributed by atoms with E-state index in [2.05, 4.69) is 24.6 Å². The molecule has 0 atom stereocenters. The van der Waals surface area contributed by atoms with Gasteiger partial charge in [0.15, 0.2) is 17.3 Å². The number of benzene rings is 1. The smallest absolute Gasteiger partial charge is 0.586 e. The van der Waals surface area contributed by atoms with E-state index in [0.717, 1.165) is 5.56 Å². The zero-order chi connectivity index (χ0) is 19.3. The van der Waals surface area contributed by atoms with Gasteiger partial charge >= 0.3 is 12.3 Å². The van der Waals surface area contributed by atoms with Crippen LogP contribution in [-0.4, -0.2) is 27.5 Å². The van der Waals surface area contributed by atoms with Gasteiger partial charge in [0, 0.05) is 18.3 Å². The summed E-state index contributed by atoms with van der Waals surface area (Å²) in [6.45, 7) is 0. The summed E-state index contributed by atoms with van der Waals surface area (Å²) in [5.41, 5.74) is 1.40. The molecule has 28 heavy (non-hydrogen) atoms. The molecule has 10 heteroatoms. The van der Waals surface area contributed by atoms with Crippen molar-refractivity contribution in [2.45, 2.75) is 31.2 Å². The van der Waals surface area contributed by atoms with Crippen molar-refractivity contribution in [1.29, 1.82) is 0 Å². The molecule has 1 aliphatic carbocycles. The topological polar surface area (TPSA) is 103 Å². The quantitative estimate of drug-likeness (QED) is 0.672. The van der Waals surface area contributed by atoms with Crippen molar-refractivity contribution in [1.82, 2.24) is 15.1 Å². The Hall–Kier alpha value is -3.43. The minimum Gasteiger partial charge on any atom is -0.856 e. The second-order valence-electron chi connectivity index (χ2n) is 6.57. The molecule has 2 aromatic heterocycles. The molecule has 5 rings (SSSR count). The zero-order valence-corrected chi connectivity index (χ0v) is 14.2. The van der Waals surface area contributed by atoms with E-state index < -0.39 is 12.2 Å². The van der Waals surface area contributed by atoms with E-state index in [4.69, 9.17) is 9.26 Å². The number of aromatic nitrogens is 3. The van der Waals surface area contributed by atoms with Gasteiger partial charge in [0.2, 0.25) is 0 Å². The molecule has 1 aromatic carbocycles. The average Bonchev–Trinajstić information content (AvgIpc) is 3.19. The normalized spacial score (nSPS) is 21.9. The van der Waals surface area contributed by atoms with Gasteiger partial charge in [0.1, 0.15) is 6.10 Å². The highest BCUT2D eigenvalue weighted by Gasteiger charge is 2.44. The van der Waals surface area contributed by atoms with Crippen molar-refractivity contribution < 1.29 is 32.6 Å². The molecule has 0 N–H and O–H groups in total. The third-order valence-corrected chi connectivity index (χ3v) is 4.66. The first-order valence-electron chi connectivity index (χ1n) is 8.48. The molecule has 144 valence electrons. The molecule has 0 radical (unpaired) electrons. The molecule has 0 unspecified atom stereocenters. The summed E-state index contributed by atoms with van der Waals surface area (Å²) < 4.78 is 45.7. The number of rotatable bonds is 4. The first-order chi connectivity index (χ1) is 13.4. The summed E-state index contributed by atoms with van der Waals surface area (Å²) in [5, 5.41) is 14.3. The fourth-order valence-electron chi connectivity index (χ4n) is 3.20. The molecule has 0 amide bonds. The van der Waals surface area contributed by atoms with Crippen LogP contribution in [0.2, 0.25) is 0 Å². The van der Waals surface area contributed by atoms with Crippen molar-refractivity contribution in [3.63, 3.8) is 0 Å². The van der Waals surface area contributed by atoms with Gasteiger partial charge in [-0.05, 0) is 42.5 Å². The Morgan fingerprint density at radius 3 is 2.54 bits per heavy atom. The molecule has 3 heterocycles. The van der Waals surface area contributed by atoms with Crippen LogP contribution in [0, 0.1) is 0 Å². The predicted molar refractivity (Wildman–Crippen MR) is 86.0 cm³/mol. The molecule has 0 spiro atoms. The van der Waals surface area contributed by atoms with E-state index in [1.165, 1.54) is 24.5 Å². The fourth-order valence-corrected chi connectivity index (χ4v) is 3.20. The van der Waals surface area contributed by atoms with Crippen molar-refractivity contribution in [3.05, 3.63) is 42.2 Å². The summed E-state index contributed by atoms with van der Waals surface area (Å²) in [5.74, 6) is 0.0541. The van der Waals surface area contributed by atoms with E-state index >= 15 is 0 Å². The highest BCUT2D eigenvalue weighted by molar-refractivity contribution is 5.55. The maximum absolute atomic E-state index is 13.1. The second kappa shape index (κ2) is 6.04. The Morgan fingerprint density at radius 1 is 1.07 bits per heavy atom. The number of halogens is 2. The second-order valence-corrected chi connectivity index (χ2v) is 6.57. The maximum Gasteiger partial charge on any atom is 0.586 e. The van der Waals surface area contributed by atoms with Crippen molar-refractivity contribution in [2.75, 3.05) is 0 Å². The minimum absolute atomic E-state index is 0.0326. The monoisotopic (exact) mass is 388 g/mol. The SMILES string of the molecule is [O-]c1cc(-c2cnc(OC3CC(c4ccc5c(c4)OC(F)(F)O5)C3)nc2)on1. The maximum atomic E-state index is 13.1. The number of hydrogen-bond donors (Lipinski definition) is 0. The molecule has 0 bridgehead atoms. The first kappa shape index (κ1) is 16.7. The largest absolute Gasteiger partial charge is 0.856 e. The number of fused-ring (bicyclic) bond motifs is 1. The van der Waals surface area contributed by atoms with Crippen LogP contribution in [0.5, 0.6) is 23.4 Å². The molecular formula is C18H12F2N3O5-. The van der Waals surface area contributed by atoms with Crippen LogP contribution >= 0.6 is 0 Å². The molecule has 2 aliphatic rings. The van der Waals surface area contributed by atoms with Crippen LogP contribution in [0.25, 0.3) is 11.3 Å². The lowest BCUT2D eigenvalue weighted by molar-refractivity contribution is -0.286. The van der Waals surface area contributed by atoms with Gasteiger partial charge in [-0.2, -0.15) is 0 Å². The summed E-state index contributed by atoms with van der Waals surface area (Å²) >= 11 is 0. The molecular weight excluding hydrogens is 376 g/mol. The van der Waals surface area contributed by atoms with Gasteiger partial charge < -0.3 is 23.8 Å². The Morgan fingerprint density at radius 2 is 1.82 bits per heavy atom. The zero-order valence-electron chi connectivity index (χ0n) is 14.2. The standard InChI is InChI=1S/C18H13F2N3O5/c19-18(20)26-13-2-1-9(5-15(13)27-18)10-3-12(4-10)25-17-21-7-11(8-22-17)14-6-16(24)23-28-14/h1-2,5-8,10,12H,3-4H2,(H,23,24)/p-1. The lowest BCUT2D eigenvalue weighted by Crippen LogP contribution is -2.32. The lowest BCUT2D eigenvalue weighted by Gasteiger charge is -2.34. The Balaban J connectivity index is 1.19. The summed E-state index contributed by atoms with van der Waals surface area (Å²) in [6.07, 6.45) is 0.663. The summed E-state index contributed by atoms with van der Waals surface area (Å²) in [4.78, 5) is 8.21. The molecule has 1 saturated carbocycles. The highest BCUT2D eigenvalue weighted by Crippen LogP contribution is 2.45. The van der Waals surface area contributed by atoms with Crippen molar-refractivity contribution in [2.24, 2.45) is 0 Å². The van der Waals surface area contributed by atoms with Crippen LogP contribution < -0.4 is 19.3 Å². The van der Waals surface area contributed by atoms with Gasteiger partial charge in [-0.15, -0.1) is 8.78 Å². The summed E-state index contributed by atoms with van der Waals surface area (Å²) in [7, 11) is 0. The third kappa shape index (κ3) is 3.06. The van der Waals surface area contributed by atoms with E-state index in [1.807, 2.05) is 0 Å². The van der Waals surface area contributed by atoms with Crippen LogP contribution in [0.4, 0.5) is 8.78 Å². The number of ether oxygens (including phenoxy) is 3. The minimum atomic E-state index is -3.61. The van der Waals surface area contributed by atoms with Gasteiger partial charge in [0.05, 0.1) is 5.56 Å². The number of alkyl halides is 2. The van der Waals surface area contributed by atoms with Crippen LogP contribution in [-0.2, 0) is 0 Å². The van der Waals surface area contributed by atoms with Gasteiger partial charge in [0.25, 0.3) is 0 Å².